The SMILES string of the molecule is CC(C)(C)OC(=O)[C@H](NC(=O)C1CCC1)c1ccccc1. The van der Waals surface area contributed by atoms with E-state index in [-0.39, 0.29) is 11.8 Å². The third-order valence-corrected chi connectivity index (χ3v) is 3.54. The van der Waals surface area contributed by atoms with Crippen LogP contribution >= 0.6 is 0 Å². The van der Waals surface area contributed by atoms with Crippen LogP contribution in [0.25, 0.3) is 0 Å². The fraction of sp³-hybridized carbons (Fsp3) is 0.529. The maximum atomic E-state index is 12.4. The second-order valence-electron chi connectivity index (χ2n) is 6.51. The summed E-state index contributed by atoms with van der Waals surface area (Å²) in [5, 5.41) is 2.84. The Morgan fingerprint density at radius 3 is 2.29 bits per heavy atom. The van der Waals surface area contributed by atoms with Gasteiger partial charge in [0.15, 0.2) is 6.04 Å². The minimum atomic E-state index is -0.737. The number of esters is 1. The number of nitrogens with one attached hydrogen (secondary N) is 1. The molecule has 1 fully saturated rings. The van der Waals surface area contributed by atoms with Crippen molar-refractivity contribution in [3.63, 3.8) is 0 Å². The predicted molar refractivity (Wildman–Crippen MR) is 80.5 cm³/mol. The molecular weight excluding hydrogens is 266 g/mol. The zero-order valence-electron chi connectivity index (χ0n) is 12.9. The Bertz CT molecular complexity index is 501. The summed E-state index contributed by atoms with van der Waals surface area (Å²) < 4.78 is 5.43. The second-order valence-corrected chi connectivity index (χ2v) is 6.51. The van der Waals surface area contributed by atoms with Crippen molar-refractivity contribution in [1.82, 2.24) is 5.32 Å². The molecule has 0 aliphatic heterocycles. The van der Waals surface area contributed by atoms with Gasteiger partial charge in [0.1, 0.15) is 5.60 Å². The molecule has 0 heterocycles. The lowest BCUT2D eigenvalue weighted by Crippen LogP contribution is -2.42. The van der Waals surface area contributed by atoms with Gasteiger partial charge in [-0.3, -0.25) is 4.79 Å². The zero-order chi connectivity index (χ0) is 15.5. The zero-order valence-corrected chi connectivity index (χ0v) is 12.9. The molecule has 1 N–H and O–H groups in total. The topological polar surface area (TPSA) is 55.4 Å². The van der Waals surface area contributed by atoms with Crippen molar-refractivity contribution >= 4 is 11.9 Å². The molecule has 1 saturated carbocycles. The lowest BCUT2D eigenvalue weighted by molar-refractivity contribution is -0.159. The highest BCUT2D eigenvalue weighted by atomic mass is 16.6. The average Bonchev–Trinajstić information content (AvgIpc) is 2.32. The first kappa shape index (κ1) is 15.5. The Kier molecular flexibility index (Phi) is 4.66. The van der Waals surface area contributed by atoms with Crippen LogP contribution < -0.4 is 5.32 Å². The van der Waals surface area contributed by atoms with Crippen molar-refractivity contribution in [3.05, 3.63) is 35.9 Å². The van der Waals surface area contributed by atoms with E-state index in [1.54, 1.807) is 0 Å². The molecule has 21 heavy (non-hydrogen) atoms. The van der Waals surface area contributed by atoms with Crippen LogP contribution in [-0.4, -0.2) is 17.5 Å². The van der Waals surface area contributed by atoms with Gasteiger partial charge < -0.3 is 10.1 Å². The summed E-state index contributed by atoms with van der Waals surface area (Å²) in [6.45, 7) is 5.46. The fourth-order valence-electron chi connectivity index (χ4n) is 2.22. The van der Waals surface area contributed by atoms with Crippen molar-refractivity contribution in [3.8, 4) is 0 Å². The minimum absolute atomic E-state index is 0.0404. The first-order valence-corrected chi connectivity index (χ1v) is 7.45. The van der Waals surface area contributed by atoms with Gasteiger partial charge in [0.2, 0.25) is 5.91 Å². The Morgan fingerprint density at radius 1 is 1.19 bits per heavy atom. The van der Waals surface area contributed by atoms with Gasteiger partial charge >= 0.3 is 5.97 Å². The minimum Gasteiger partial charge on any atom is -0.458 e. The van der Waals surface area contributed by atoms with Gasteiger partial charge in [-0.05, 0) is 39.2 Å². The maximum absolute atomic E-state index is 12.4. The van der Waals surface area contributed by atoms with Crippen molar-refractivity contribution in [2.45, 2.75) is 51.7 Å². The Labute approximate surface area is 125 Å². The summed E-state index contributed by atoms with van der Waals surface area (Å²) in [7, 11) is 0. The molecule has 0 unspecified atom stereocenters. The molecule has 1 atom stereocenters. The van der Waals surface area contributed by atoms with Crippen LogP contribution in [0.15, 0.2) is 30.3 Å². The first-order valence-electron chi connectivity index (χ1n) is 7.45. The molecule has 1 aliphatic carbocycles. The molecule has 4 nitrogen and oxygen atoms in total. The number of hydrogen-bond acceptors (Lipinski definition) is 3. The normalized spacial score (nSPS) is 16.7. The van der Waals surface area contributed by atoms with Crippen LogP contribution in [0.5, 0.6) is 0 Å². The van der Waals surface area contributed by atoms with E-state index < -0.39 is 17.6 Å². The number of amides is 1. The highest BCUT2D eigenvalue weighted by Crippen LogP contribution is 2.28. The lowest BCUT2D eigenvalue weighted by Gasteiger charge is -2.28. The fourth-order valence-corrected chi connectivity index (χ4v) is 2.22. The monoisotopic (exact) mass is 289 g/mol. The van der Waals surface area contributed by atoms with E-state index in [0.717, 1.165) is 24.8 Å². The molecule has 1 aromatic carbocycles. The van der Waals surface area contributed by atoms with Crippen LogP contribution in [0.1, 0.15) is 51.6 Å². The van der Waals surface area contributed by atoms with E-state index in [1.165, 1.54) is 0 Å². The molecule has 114 valence electrons. The van der Waals surface area contributed by atoms with Gasteiger partial charge in [-0.2, -0.15) is 0 Å². The van der Waals surface area contributed by atoms with Crippen molar-refractivity contribution in [2.75, 3.05) is 0 Å². The summed E-state index contributed by atoms with van der Waals surface area (Å²) in [5.41, 5.74) is 0.171. The molecule has 1 amide bonds. The van der Waals surface area contributed by atoms with Crippen LogP contribution in [-0.2, 0) is 14.3 Å². The Balaban J connectivity index is 2.14. The molecule has 1 aromatic rings. The molecule has 4 heteroatoms. The summed E-state index contributed by atoms with van der Waals surface area (Å²) >= 11 is 0. The number of carbonyl (C=O) groups is 2. The number of rotatable bonds is 4. The van der Waals surface area contributed by atoms with Crippen molar-refractivity contribution < 1.29 is 14.3 Å². The van der Waals surface area contributed by atoms with E-state index in [0.29, 0.717) is 0 Å². The second kappa shape index (κ2) is 6.29. The number of ether oxygens (including phenoxy) is 1. The van der Waals surface area contributed by atoms with Gasteiger partial charge in [-0.15, -0.1) is 0 Å². The summed E-state index contributed by atoms with van der Waals surface area (Å²) in [5.74, 6) is -0.430. The van der Waals surface area contributed by atoms with E-state index in [1.807, 2.05) is 51.1 Å². The third-order valence-electron chi connectivity index (χ3n) is 3.54. The van der Waals surface area contributed by atoms with Crippen LogP contribution in [0.2, 0.25) is 0 Å². The van der Waals surface area contributed by atoms with Gasteiger partial charge in [-0.1, -0.05) is 36.8 Å². The van der Waals surface area contributed by atoms with Gasteiger partial charge in [0.25, 0.3) is 0 Å². The smallest absolute Gasteiger partial charge is 0.333 e. The van der Waals surface area contributed by atoms with E-state index in [4.69, 9.17) is 4.74 Å². The van der Waals surface area contributed by atoms with Crippen LogP contribution in [0.3, 0.4) is 0 Å². The Hall–Kier alpha value is -1.84. The largest absolute Gasteiger partial charge is 0.458 e. The molecule has 0 aromatic heterocycles. The molecule has 0 spiro atoms. The molecular formula is C17H23NO3. The number of hydrogen-bond donors (Lipinski definition) is 1. The van der Waals surface area contributed by atoms with Crippen molar-refractivity contribution in [2.24, 2.45) is 5.92 Å². The Morgan fingerprint density at radius 2 is 1.81 bits per heavy atom. The molecule has 0 saturated heterocycles. The van der Waals surface area contributed by atoms with Gasteiger partial charge in [-0.25, -0.2) is 4.79 Å². The van der Waals surface area contributed by atoms with E-state index in [9.17, 15) is 9.59 Å². The average molecular weight is 289 g/mol. The number of carbonyl (C=O) groups excluding carboxylic acids is 2. The van der Waals surface area contributed by atoms with E-state index >= 15 is 0 Å². The summed E-state index contributed by atoms with van der Waals surface area (Å²) in [6, 6.07) is 8.50. The summed E-state index contributed by atoms with van der Waals surface area (Å²) in [6.07, 6.45) is 2.89. The highest BCUT2D eigenvalue weighted by Gasteiger charge is 2.32. The quantitative estimate of drug-likeness (QED) is 0.867. The summed E-state index contributed by atoms with van der Waals surface area (Å²) in [4.78, 5) is 24.5. The van der Waals surface area contributed by atoms with Gasteiger partial charge in [0.05, 0.1) is 0 Å². The van der Waals surface area contributed by atoms with Gasteiger partial charge in [0, 0.05) is 5.92 Å². The van der Waals surface area contributed by atoms with Crippen LogP contribution in [0.4, 0.5) is 0 Å². The molecule has 0 radical (unpaired) electrons. The van der Waals surface area contributed by atoms with E-state index in [2.05, 4.69) is 5.32 Å². The van der Waals surface area contributed by atoms with Crippen molar-refractivity contribution in [1.29, 1.82) is 0 Å². The molecule has 1 aliphatic rings. The first-order chi connectivity index (χ1) is 9.87. The third kappa shape index (κ3) is 4.31. The molecule has 0 bridgehead atoms. The standard InChI is InChI=1S/C17H23NO3/c1-17(2,3)21-16(20)14(12-8-5-4-6-9-12)18-15(19)13-10-7-11-13/h4-6,8-9,13-14H,7,10-11H2,1-3H3,(H,18,19)/t14-/m1/s1. The number of benzene rings is 1. The predicted octanol–water partition coefficient (Wildman–Crippen LogP) is 2.99. The molecule has 2 rings (SSSR count). The highest BCUT2D eigenvalue weighted by molar-refractivity contribution is 5.87. The van der Waals surface area contributed by atoms with Crippen LogP contribution in [0, 0.1) is 5.92 Å². The lowest BCUT2D eigenvalue weighted by atomic mass is 9.84. The maximum Gasteiger partial charge on any atom is 0.333 e.